The lowest BCUT2D eigenvalue weighted by atomic mass is 9.81. The number of aryl methyl sites for hydroxylation is 1. The molecule has 1 nitrogen and oxygen atoms in total. The first-order valence-electron chi connectivity index (χ1n) is 8.21. The van der Waals surface area contributed by atoms with Gasteiger partial charge in [0.1, 0.15) is 5.82 Å². The monoisotopic (exact) mass is 277 g/mol. The standard InChI is InChI=1S/C18H28FN/c1-3-20-18(15-9-7-5-4-6-8-10-15)17-13-16(19)12-11-14(17)2/h11-13,15,18,20H,3-10H2,1-2H3. The van der Waals surface area contributed by atoms with Crippen LogP contribution in [-0.4, -0.2) is 6.54 Å². The van der Waals surface area contributed by atoms with Crippen molar-refractivity contribution < 1.29 is 4.39 Å². The third-order valence-electron chi connectivity index (χ3n) is 4.62. The molecule has 112 valence electrons. The molecular formula is C18H28FN. The molecule has 2 heteroatoms. The molecule has 1 unspecified atom stereocenters. The van der Waals surface area contributed by atoms with Crippen molar-refractivity contribution in [2.75, 3.05) is 6.54 Å². The molecule has 0 saturated heterocycles. The Labute approximate surface area is 123 Å². The van der Waals surface area contributed by atoms with Gasteiger partial charge in [-0.25, -0.2) is 4.39 Å². The van der Waals surface area contributed by atoms with Crippen LogP contribution < -0.4 is 5.32 Å². The minimum atomic E-state index is -0.112. The van der Waals surface area contributed by atoms with Crippen molar-refractivity contribution in [2.45, 2.75) is 64.8 Å². The predicted octanol–water partition coefficient (Wildman–Crippen LogP) is 5.15. The highest BCUT2D eigenvalue weighted by molar-refractivity contribution is 5.30. The Morgan fingerprint density at radius 3 is 2.45 bits per heavy atom. The molecule has 1 aromatic carbocycles. The highest BCUT2D eigenvalue weighted by atomic mass is 19.1. The third-order valence-corrected chi connectivity index (χ3v) is 4.62. The van der Waals surface area contributed by atoms with E-state index in [0.717, 1.165) is 12.1 Å². The zero-order valence-electron chi connectivity index (χ0n) is 12.9. The third kappa shape index (κ3) is 4.05. The topological polar surface area (TPSA) is 12.0 Å². The summed E-state index contributed by atoms with van der Waals surface area (Å²) in [5, 5.41) is 3.62. The summed E-state index contributed by atoms with van der Waals surface area (Å²) in [5.41, 5.74) is 2.37. The first-order valence-corrected chi connectivity index (χ1v) is 8.21. The predicted molar refractivity (Wildman–Crippen MR) is 83.4 cm³/mol. The van der Waals surface area contributed by atoms with Gasteiger partial charge in [0.05, 0.1) is 0 Å². The van der Waals surface area contributed by atoms with Crippen LogP contribution in [0.2, 0.25) is 0 Å². The van der Waals surface area contributed by atoms with Gasteiger partial charge >= 0.3 is 0 Å². The number of hydrogen-bond donors (Lipinski definition) is 1. The van der Waals surface area contributed by atoms with Gasteiger partial charge in [0.2, 0.25) is 0 Å². The molecule has 1 aliphatic rings. The second-order valence-electron chi connectivity index (χ2n) is 6.14. The highest BCUT2D eigenvalue weighted by Gasteiger charge is 2.24. The molecule has 0 spiro atoms. The van der Waals surface area contributed by atoms with E-state index in [1.54, 1.807) is 12.1 Å². The van der Waals surface area contributed by atoms with E-state index in [-0.39, 0.29) is 5.82 Å². The summed E-state index contributed by atoms with van der Waals surface area (Å²) in [7, 11) is 0. The van der Waals surface area contributed by atoms with E-state index >= 15 is 0 Å². The highest BCUT2D eigenvalue weighted by Crippen LogP contribution is 2.34. The molecule has 20 heavy (non-hydrogen) atoms. The smallest absolute Gasteiger partial charge is 0.123 e. The molecule has 2 rings (SSSR count). The van der Waals surface area contributed by atoms with Crippen molar-refractivity contribution in [3.63, 3.8) is 0 Å². The molecule has 1 aliphatic carbocycles. The lowest BCUT2D eigenvalue weighted by molar-refractivity contribution is 0.290. The zero-order chi connectivity index (χ0) is 14.4. The van der Waals surface area contributed by atoms with Gasteiger partial charge in [0.25, 0.3) is 0 Å². The van der Waals surface area contributed by atoms with Gasteiger partial charge in [0.15, 0.2) is 0 Å². The van der Waals surface area contributed by atoms with Gasteiger partial charge in [0, 0.05) is 6.04 Å². The quantitative estimate of drug-likeness (QED) is 0.803. The Bertz CT molecular complexity index is 408. The summed E-state index contributed by atoms with van der Waals surface area (Å²) in [5.74, 6) is 0.537. The van der Waals surface area contributed by atoms with Crippen LogP contribution in [0.4, 0.5) is 4.39 Å². The van der Waals surface area contributed by atoms with Gasteiger partial charge in [-0.15, -0.1) is 0 Å². The van der Waals surface area contributed by atoms with Crippen molar-refractivity contribution in [3.05, 3.63) is 35.1 Å². The van der Waals surface area contributed by atoms with Crippen molar-refractivity contribution in [1.29, 1.82) is 0 Å². The van der Waals surface area contributed by atoms with Crippen molar-refractivity contribution in [1.82, 2.24) is 5.32 Å². The van der Waals surface area contributed by atoms with Crippen LogP contribution in [-0.2, 0) is 0 Å². The summed E-state index contributed by atoms with van der Waals surface area (Å²) >= 11 is 0. The fourth-order valence-electron chi connectivity index (χ4n) is 3.52. The van der Waals surface area contributed by atoms with E-state index in [9.17, 15) is 4.39 Å². The average molecular weight is 277 g/mol. The summed E-state index contributed by atoms with van der Waals surface area (Å²) in [6, 6.07) is 5.54. The average Bonchev–Trinajstić information content (AvgIpc) is 2.40. The molecule has 0 amide bonds. The lowest BCUT2D eigenvalue weighted by Gasteiger charge is -2.31. The van der Waals surface area contributed by atoms with Gasteiger partial charge in [-0.2, -0.15) is 0 Å². The molecule has 0 radical (unpaired) electrons. The van der Waals surface area contributed by atoms with E-state index in [0.29, 0.717) is 12.0 Å². The number of benzene rings is 1. The summed E-state index contributed by atoms with van der Waals surface area (Å²) in [6.45, 7) is 5.18. The Morgan fingerprint density at radius 2 is 1.80 bits per heavy atom. The van der Waals surface area contributed by atoms with Crippen molar-refractivity contribution in [2.24, 2.45) is 5.92 Å². The second kappa shape index (κ2) is 7.78. The SMILES string of the molecule is CCNC(c1cc(F)ccc1C)C1CCCCCCC1. The zero-order valence-corrected chi connectivity index (χ0v) is 12.9. The maximum atomic E-state index is 13.6. The van der Waals surface area contributed by atoms with E-state index in [2.05, 4.69) is 19.2 Å². The van der Waals surface area contributed by atoms with Crippen LogP contribution in [0.1, 0.15) is 69.0 Å². The number of rotatable bonds is 4. The Kier molecular flexibility index (Phi) is 6.03. The molecule has 1 fully saturated rings. The summed E-state index contributed by atoms with van der Waals surface area (Å²) in [4.78, 5) is 0. The molecule has 0 aliphatic heterocycles. The lowest BCUT2D eigenvalue weighted by Crippen LogP contribution is -2.29. The molecule has 1 saturated carbocycles. The first-order chi connectivity index (χ1) is 9.72. The van der Waals surface area contributed by atoms with E-state index in [1.165, 1.54) is 50.5 Å². The molecule has 1 N–H and O–H groups in total. The number of nitrogens with one attached hydrogen (secondary N) is 1. The Hall–Kier alpha value is -0.890. The summed E-state index contributed by atoms with van der Waals surface area (Å²) < 4.78 is 13.6. The second-order valence-corrected chi connectivity index (χ2v) is 6.14. The van der Waals surface area contributed by atoms with E-state index in [1.807, 2.05) is 6.07 Å². The molecule has 0 heterocycles. The van der Waals surface area contributed by atoms with Crippen LogP contribution in [0.25, 0.3) is 0 Å². The molecule has 0 bridgehead atoms. The van der Waals surface area contributed by atoms with Crippen LogP contribution in [0.5, 0.6) is 0 Å². The first kappa shape index (κ1) is 15.5. The van der Waals surface area contributed by atoms with Gasteiger partial charge in [-0.05, 0) is 55.5 Å². The fourth-order valence-corrected chi connectivity index (χ4v) is 3.52. The summed E-state index contributed by atoms with van der Waals surface area (Å²) in [6.07, 6.45) is 9.29. The van der Waals surface area contributed by atoms with E-state index < -0.39 is 0 Å². The Balaban J connectivity index is 2.21. The minimum Gasteiger partial charge on any atom is -0.310 e. The van der Waals surface area contributed by atoms with Crippen LogP contribution in [0, 0.1) is 18.7 Å². The minimum absolute atomic E-state index is 0.112. The largest absolute Gasteiger partial charge is 0.310 e. The Morgan fingerprint density at radius 1 is 1.15 bits per heavy atom. The maximum absolute atomic E-state index is 13.6. The molecular weight excluding hydrogens is 249 g/mol. The number of halogens is 1. The van der Waals surface area contributed by atoms with Crippen LogP contribution in [0.15, 0.2) is 18.2 Å². The van der Waals surface area contributed by atoms with E-state index in [4.69, 9.17) is 0 Å². The van der Waals surface area contributed by atoms with Crippen molar-refractivity contribution in [3.8, 4) is 0 Å². The normalized spacial score (nSPS) is 19.4. The van der Waals surface area contributed by atoms with Gasteiger partial charge in [-0.1, -0.05) is 45.1 Å². The van der Waals surface area contributed by atoms with Gasteiger partial charge in [-0.3, -0.25) is 0 Å². The molecule has 1 aromatic rings. The molecule has 1 atom stereocenters. The van der Waals surface area contributed by atoms with Gasteiger partial charge < -0.3 is 5.32 Å². The molecule has 0 aromatic heterocycles. The number of hydrogen-bond acceptors (Lipinski definition) is 1. The van der Waals surface area contributed by atoms with Crippen molar-refractivity contribution >= 4 is 0 Å². The maximum Gasteiger partial charge on any atom is 0.123 e. The van der Waals surface area contributed by atoms with Crippen LogP contribution >= 0.6 is 0 Å². The van der Waals surface area contributed by atoms with Crippen LogP contribution in [0.3, 0.4) is 0 Å². The fraction of sp³-hybridized carbons (Fsp3) is 0.667.